The van der Waals surface area contributed by atoms with Crippen LogP contribution >= 0.6 is 23.4 Å². The molecule has 0 saturated heterocycles. The lowest BCUT2D eigenvalue weighted by atomic mass is 10.0. The van der Waals surface area contributed by atoms with Crippen LogP contribution in [0.3, 0.4) is 0 Å². The van der Waals surface area contributed by atoms with Crippen LogP contribution in [0.1, 0.15) is 90.3 Å². The third-order valence-electron chi connectivity index (χ3n) is 11.2. The number of likely N-dealkylation sites (N-methyl/N-ethyl adjacent to an activating group) is 1. The Kier molecular flexibility index (Phi) is 18.0. The van der Waals surface area contributed by atoms with Crippen LogP contribution in [0.15, 0.2) is 70.8 Å². The molecular weight excluding hydrogens is 956 g/mol. The molecule has 6 rings (SSSR count). The normalized spacial score (nSPS) is 17.3. The van der Waals surface area contributed by atoms with Crippen molar-refractivity contribution in [1.29, 1.82) is 0 Å². The summed E-state index contributed by atoms with van der Waals surface area (Å²) in [6.45, 7) is 11.0. The van der Waals surface area contributed by atoms with E-state index in [2.05, 4.69) is 52.2 Å². The van der Waals surface area contributed by atoms with Gasteiger partial charge in [0.2, 0.25) is 23.5 Å². The van der Waals surface area contributed by atoms with E-state index in [1.54, 1.807) is 90.2 Å². The van der Waals surface area contributed by atoms with Crippen molar-refractivity contribution in [3.8, 4) is 11.4 Å². The van der Waals surface area contributed by atoms with E-state index in [-0.39, 0.29) is 51.3 Å². The van der Waals surface area contributed by atoms with E-state index in [4.69, 9.17) is 21.1 Å². The largest absolute Gasteiger partial charge is 0.464 e. The summed E-state index contributed by atoms with van der Waals surface area (Å²) < 4.78 is 11.8. The van der Waals surface area contributed by atoms with E-state index in [9.17, 15) is 29.1 Å². The lowest BCUT2D eigenvalue weighted by molar-refractivity contribution is -0.142. The number of pyridine rings is 1. The summed E-state index contributed by atoms with van der Waals surface area (Å²) >= 11 is 8.31. The Labute approximate surface area is 420 Å². The van der Waals surface area contributed by atoms with Gasteiger partial charge in [-0.2, -0.15) is 5.21 Å². The molecule has 380 valence electrons. The van der Waals surface area contributed by atoms with Gasteiger partial charge in [0.1, 0.15) is 28.3 Å². The van der Waals surface area contributed by atoms with Crippen LogP contribution in [0, 0.1) is 0 Å². The molecule has 2 aromatic carbocycles. The second kappa shape index (κ2) is 23.9. The highest BCUT2D eigenvalue weighted by Gasteiger charge is 2.35. The summed E-state index contributed by atoms with van der Waals surface area (Å²) in [5, 5.41) is 40.8. The maximum absolute atomic E-state index is 15.0. The molecule has 5 aromatic rings. The van der Waals surface area contributed by atoms with Gasteiger partial charge in [0.15, 0.2) is 0 Å². The van der Waals surface area contributed by atoms with Crippen molar-refractivity contribution in [3.05, 3.63) is 82.6 Å². The Morgan fingerprint density at radius 2 is 1.56 bits per heavy atom. The number of H-pyrrole nitrogens is 1. The van der Waals surface area contributed by atoms with Gasteiger partial charge in [-0.3, -0.25) is 19.0 Å². The predicted molar refractivity (Wildman–Crippen MR) is 265 cm³/mol. The van der Waals surface area contributed by atoms with E-state index < -0.39 is 65.3 Å². The van der Waals surface area contributed by atoms with Crippen molar-refractivity contribution in [3.63, 3.8) is 0 Å². The summed E-state index contributed by atoms with van der Waals surface area (Å²) in [5.74, 6) is -1.44. The molecule has 71 heavy (non-hydrogen) atoms. The molecule has 0 spiro atoms. The summed E-state index contributed by atoms with van der Waals surface area (Å²) in [5.41, 5.74) is 1.23. The molecular formula is C48H61ClN12O9S. The molecule has 0 aliphatic carbocycles. The van der Waals surface area contributed by atoms with Crippen molar-refractivity contribution in [2.75, 3.05) is 20.1 Å². The number of amides is 5. The third kappa shape index (κ3) is 15.1. The van der Waals surface area contributed by atoms with E-state index in [0.717, 1.165) is 4.57 Å². The maximum atomic E-state index is 15.0. The Balaban J connectivity index is 1.40. The number of carbonyl (C=O) groups excluding carboxylic acids is 5. The van der Waals surface area contributed by atoms with Crippen molar-refractivity contribution < 1.29 is 43.3 Å². The number of nitrogens with one attached hydrogen (secondary N) is 6. The van der Waals surface area contributed by atoms with Gasteiger partial charge in [-0.15, -0.1) is 10.2 Å². The van der Waals surface area contributed by atoms with E-state index in [1.165, 1.54) is 29.9 Å². The van der Waals surface area contributed by atoms with Crippen molar-refractivity contribution in [2.45, 2.75) is 132 Å². The van der Waals surface area contributed by atoms with Crippen molar-refractivity contribution >= 4 is 70.3 Å². The average molecular weight is 1020 g/mol. The molecule has 4 heterocycles. The molecule has 1 aliphatic heterocycles. The van der Waals surface area contributed by atoms with E-state index in [0.29, 0.717) is 67.4 Å². The Bertz CT molecular complexity index is 2700. The molecule has 3 aromatic heterocycles. The number of aromatic amines is 1. The Hall–Kier alpha value is -6.78. The van der Waals surface area contributed by atoms with Gasteiger partial charge in [-0.1, -0.05) is 47.6 Å². The van der Waals surface area contributed by atoms with Gasteiger partial charge in [0.05, 0.1) is 16.6 Å². The summed E-state index contributed by atoms with van der Waals surface area (Å²) in [7, 11) is 1.47. The fourth-order valence-corrected chi connectivity index (χ4v) is 9.17. The molecule has 0 unspecified atom stereocenters. The minimum Gasteiger partial charge on any atom is -0.464 e. The number of tetrazole rings is 1. The van der Waals surface area contributed by atoms with E-state index in [1.807, 2.05) is 6.07 Å². The van der Waals surface area contributed by atoms with Crippen LogP contribution in [-0.2, 0) is 43.4 Å². The molecule has 0 saturated carbocycles. The van der Waals surface area contributed by atoms with Crippen molar-refractivity contribution in [2.24, 2.45) is 0 Å². The highest BCUT2D eigenvalue weighted by atomic mass is 35.5. The zero-order valence-corrected chi connectivity index (χ0v) is 42.3. The molecule has 0 radical (unpaired) electrons. The average Bonchev–Trinajstić information content (AvgIpc) is 3.98. The lowest BCUT2D eigenvalue weighted by Gasteiger charge is -2.32. The number of alkyl carbamates (subject to hydrolysis) is 2. The maximum Gasteiger partial charge on any atom is 0.416 e. The summed E-state index contributed by atoms with van der Waals surface area (Å²) in [6.07, 6.45) is 1.94. The first kappa shape index (κ1) is 53.6. The second-order valence-corrected chi connectivity index (χ2v) is 20.4. The second-order valence-electron chi connectivity index (χ2n) is 19.0. The fourth-order valence-electron chi connectivity index (χ4n) is 7.82. The molecule has 23 heteroatoms. The number of halogens is 1. The summed E-state index contributed by atoms with van der Waals surface area (Å²) in [6, 6.07) is 10.6. The van der Waals surface area contributed by atoms with Gasteiger partial charge < -0.3 is 46.1 Å². The molecule has 3 atom stereocenters. The number of rotatable bonds is 12. The molecule has 21 nitrogen and oxygen atoms in total. The monoisotopic (exact) mass is 1020 g/mol. The zero-order valence-electron chi connectivity index (χ0n) is 40.8. The first-order valence-corrected chi connectivity index (χ1v) is 24.4. The highest BCUT2D eigenvalue weighted by molar-refractivity contribution is 7.99. The molecule has 1 aliphatic rings. The van der Waals surface area contributed by atoms with Gasteiger partial charge in [0, 0.05) is 67.9 Å². The minimum absolute atomic E-state index is 0.0906. The third-order valence-corrected chi connectivity index (χ3v) is 12.8. The SMILES string of the molecule is CN1C(=O)[C@H](CCCCNC(=O)OC(C)(C)C)NC(=O)[C@H](CCCNC(=O)OC(C)(C)C)NCc2cccnc2Sc2c(Cl)cc(-c3nn[nH]n3)cc2CNC(=O)[C@@H]1Cc1cn(C(=O)O)c2ccccc12. The van der Waals surface area contributed by atoms with Crippen molar-refractivity contribution in [1.82, 2.24) is 61.7 Å². The molecule has 0 fully saturated rings. The van der Waals surface area contributed by atoms with Gasteiger partial charge in [-0.05, 0) is 120 Å². The molecule has 7 N–H and O–H groups in total. The number of ether oxygens (including phenoxy) is 2. The minimum atomic E-state index is -1.25. The number of carbonyl (C=O) groups is 6. The van der Waals surface area contributed by atoms with Crippen LogP contribution in [0.4, 0.5) is 14.4 Å². The highest BCUT2D eigenvalue weighted by Crippen LogP contribution is 2.39. The van der Waals surface area contributed by atoms with Crippen LogP contribution < -0.4 is 26.6 Å². The first-order chi connectivity index (χ1) is 33.7. The topological polar surface area (TPSA) is 277 Å². The Morgan fingerprint density at radius 1 is 0.873 bits per heavy atom. The molecule has 0 bridgehead atoms. The smallest absolute Gasteiger partial charge is 0.416 e. The number of nitrogens with zero attached hydrogens (tertiary/aromatic N) is 6. The lowest BCUT2D eigenvalue weighted by Crippen LogP contribution is -2.57. The zero-order chi connectivity index (χ0) is 51.5. The number of para-hydroxylation sites is 1. The first-order valence-electron chi connectivity index (χ1n) is 23.2. The van der Waals surface area contributed by atoms with Gasteiger partial charge in [0.25, 0.3) is 0 Å². The number of aromatic nitrogens is 6. The van der Waals surface area contributed by atoms with Crippen LogP contribution in [0.25, 0.3) is 22.3 Å². The number of carboxylic acid groups (broad SMARTS) is 1. The van der Waals surface area contributed by atoms with Crippen LogP contribution in [0.5, 0.6) is 0 Å². The van der Waals surface area contributed by atoms with Gasteiger partial charge in [-0.25, -0.2) is 19.4 Å². The number of benzene rings is 2. The predicted octanol–water partition coefficient (Wildman–Crippen LogP) is 6.19. The fraction of sp³-hybridized carbons (Fsp3) is 0.458. The van der Waals surface area contributed by atoms with Gasteiger partial charge >= 0.3 is 18.3 Å². The van der Waals surface area contributed by atoms with Crippen LogP contribution in [0.2, 0.25) is 5.02 Å². The number of hydrogen-bond donors (Lipinski definition) is 7. The van der Waals surface area contributed by atoms with Crippen LogP contribution in [-0.4, -0.2) is 126 Å². The quantitative estimate of drug-likeness (QED) is 0.0687. The molecule has 5 amide bonds. The number of fused-ring (bicyclic) bond motifs is 3. The van der Waals surface area contributed by atoms with E-state index >= 15 is 4.79 Å². The number of unbranched alkanes of at least 4 members (excludes halogenated alkanes) is 1. The number of hydrogen-bond acceptors (Lipinski definition) is 14. The Morgan fingerprint density at radius 3 is 2.24 bits per heavy atom. The standard InChI is InChI=1S/C48H61ClN12O9S/c1-47(2,3)69-44(65)51-19-11-10-16-35-43(64)60(7)37(24-31-27-61(46(67)68)36-18-9-8-15-32(31)36)41(63)54-26-30-22-29(39-56-58-59-57-39)23-33(49)38(30)71-42-28(14-12-20-50-42)25-53-34(40(62)55-35)17-13-21-52-45(66)70-48(4,5)6/h8-9,12,14-15,18,20,22-23,27,34-35,37,53H,10-11,13,16-17,19,21,24-26H2,1-7H3,(H,51,65)(H,52,66)(H,54,63)(H,55,62)(H,67,68)(H,56,57,58,59)/t34-,35-,37-/m0/s1. The summed E-state index contributed by atoms with van der Waals surface area (Å²) in [4.78, 5) is 88.4.